The molecule has 2 amide bonds. The molecule has 210 valence electrons. The number of aliphatic imine (C=N–C) groups is 1. The standard InChI is InChI=1S/C29H34ClN7O2S/c1-5-6-19(16-31-3)25-21-8-9-23-27(40-29(34-23)33-17(2)38)26(21)37(35-25)24-10-7-18(15-22(24)30)28(39)36(4)20-11-13-32-14-12-20/h6-7,10,15-16,20,32H,5,8-9,11-14H2,1-4H3,(H,33,34,38)/b19-6+,31-16?. The summed E-state index contributed by atoms with van der Waals surface area (Å²) in [5.41, 5.74) is 5.94. The zero-order valence-electron chi connectivity index (χ0n) is 23.3. The molecular formula is C29H34ClN7O2S. The number of benzene rings is 1. The zero-order chi connectivity index (χ0) is 28.4. The lowest BCUT2D eigenvalue weighted by molar-refractivity contribution is -0.114. The van der Waals surface area contributed by atoms with Gasteiger partial charge in [0, 0.05) is 50.0 Å². The van der Waals surface area contributed by atoms with E-state index in [1.54, 1.807) is 13.1 Å². The summed E-state index contributed by atoms with van der Waals surface area (Å²) in [5.74, 6) is -0.203. The number of allylic oxidation sites excluding steroid dienone is 2. The first kappa shape index (κ1) is 28.2. The molecule has 2 aliphatic rings. The van der Waals surface area contributed by atoms with Crippen molar-refractivity contribution in [1.29, 1.82) is 0 Å². The third kappa shape index (κ3) is 5.48. The van der Waals surface area contributed by atoms with Gasteiger partial charge < -0.3 is 15.5 Å². The molecule has 11 heteroatoms. The van der Waals surface area contributed by atoms with Gasteiger partial charge in [0.15, 0.2) is 5.13 Å². The predicted molar refractivity (Wildman–Crippen MR) is 162 cm³/mol. The van der Waals surface area contributed by atoms with Gasteiger partial charge in [0.1, 0.15) is 0 Å². The fourth-order valence-corrected chi connectivity index (χ4v) is 6.80. The average Bonchev–Trinajstić information content (AvgIpc) is 3.53. The Morgan fingerprint density at radius 2 is 2.08 bits per heavy atom. The van der Waals surface area contributed by atoms with Gasteiger partial charge in [-0.3, -0.25) is 14.6 Å². The quantitative estimate of drug-likeness (QED) is 0.382. The Labute approximate surface area is 243 Å². The van der Waals surface area contributed by atoms with Crippen LogP contribution in [0.2, 0.25) is 5.02 Å². The van der Waals surface area contributed by atoms with Gasteiger partial charge in [-0.05, 0) is 63.4 Å². The van der Waals surface area contributed by atoms with Crippen molar-refractivity contribution >= 4 is 51.7 Å². The predicted octanol–water partition coefficient (Wildman–Crippen LogP) is 5.02. The summed E-state index contributed by atoms with van der Waals surface area (Å²) in [5, 5.41) is 12.2. The number of thiazole rings is 1. The number of carbonyl (C=O) groups is 2. The van der Waals surface area contributed by atoms with E-state index in [0.29, 0.717) is 21.4 Å². The maximum Gasteiger partial charge on any atom is 0.253 e. The summed E-state index contributed by atoms with van der Waals surface area (Å²) in [4.78, 5) is 36.8. The minimum atomic E-state index is -0.161. The molecule has 1 aliphatic carbocycles. The van der Waals surface area contributed by atoms with Gasteiger partial charge in [0.2, 0.25) is 5.91 Å². The molecule has 2 aromatic heterocycles. The molecule has 3 aromatic rings. The molecular weight excluding hydrogens is 546 g/mol. The molecule has 40 heavy (non-hydrogen) atoms. The fourth-order valence-electron chi connectivity index (χ4n) is 5.42. The van der Waals surface area contributed by atoms with Crippen molar-refractivity contribution in [2.75, 3.05) is 32.5 Å². The van der Waals surface area contributed by atoms with Gasteiger partial charge in [0.25, 0.3) is 5.91 Å². The monoisotopic (exact) mass is 579 g/mol. The third-order valence-corrected chi connectivity index (χ3v) is 8.68. The highest BCUT2D eigenvalue weighted by molar-refractivity contribution is 7.19. The van der Waals surface area contributed by atoms with Crippen LogP contribution in [-0.2, 0) is 17.6 Å². The molecule has 2 N–H and O–H groups in total. The lowest BCUT2D eigenvalue weighted by atomic mass is 9.95. The number of nitrogens with zero attached hydrogens (tertiary/aromatic N) is 5. The van der Waals surface area contributed by atoms with E-state index in [9.17, 15) is 9.59 Å². The average molecular weight is 580 g/mol. The fraction of sp³-hybridized carbons (Fsp3) is 0.414. The number of amides is 2. The van der Waals surface area contributed by atoms with E-state index >= 15 is 0 Å². The van der Waals surface area contributed by atoms with Crippen molar-refractivity contribution < 1.29 is 9.59 Å². The Balaban J connectivity index is 1.60. The second kappa shape index (κ2) is 12.0. The van der Waals surface area contributed by atoms with Crippen molar-refractivity contribution in [2.45, 2.75) is 52.0 Å². The van der Waals surface area contributed by atoms with Crippen LogP contribution in [0.15, 0.2) is 29.3 Å². The number of aromatic nitrogens is 3. The summed E-state index contributed by atoms with van der Waals surface area (Å²) < 4.78 is 1.86. The summed E-state index contributed by atoms with van der Waals surface area (Å²) in [6.45, 7) is 5.39. The SMILES string of the molecule is CC/C=C(\C=NC)c1nn(-c2ccc(C(=O)N(C)C3CCNCC3)cc2Cl)c2c1CCc1nc(NC(C)=O)sc1-2. The summed E-state index contributed by atoms with van der Waals surface area (Å²) in [6.07, 6.45) is 8.14. The van der Waals surface area contributed by atoms with Crippen LogP contribution in [0.3, 0.4) is 0 Å². The first-order chi connectivity index (χ1) is 19.3. The zero-order valence-corrected chi connectivity index (χ0v) is 24.8. The van der Waals surface area contributed by atoms with Gasteiger partial charge in [-0.25, -0.2) is 9.67 Å². The third-order valence-electron chi connectivity index (χ3n) is 7.36. The lowest BCUT2D eigenvalue weighted by Gasteiger charge is -2.31. The maximum atomic E-state index is 13.3. The molecule has 1 aromatic carbocycles. The van der Waals surface area contributed by atoms with Crippen molar-refractivity contribution in [2.24, 2.45) is 4.99 Å². The molecule has 1 fully saturated rings. The van der Waals surface area contributed by atoms with Crippen molar-refractivity contribution in [3.05, 3.63) is 51.8 Å². The van der Waals surface area contributed by atoms with Crippen LogP contribution < -0.4 is 10.6 Å². The highest BCUT2D eigenvalue weighted by Gasteiger charge is 2.31. The first-order valence-corrected chi connectivity index (χ1v) is 14.8. The van der Waals surface area contributed by atoms with Crippen LogP contribution in [-0.4, -0.2) is 70.9 Å². The van der Waals surface area contributed by atoms with Gasteiger partial charge in [-0.1, -0.05) is 35.9 Å². The normalized spacial score (nSPS) is 15.7. The lowest BCUT2D eigenvalue weighted by Crippen LogP contribution is -2.43. The molecule has 1 aliphatic heterocycles. The summed E-state index contributed by atoms with van der Waals surface area (Å²) in [7, 11) is 3.62. The molecule has 0 bridgehead atoms. The number of nitrogens with one attached hydrogen (secondary N) is 2. The number of halogens is 1. The Morgan fingerprint density at radius 3 is 2.75 bits per heavy atom. The molecule has 0 atom stereocenters. The molecule has 0 spiro atoms. The van der Waals surface area contributed by atoms with E-state index in [-0.39, 0.29) is 17.9 Å². The number of aryl methyl sites for hydroxylation is 1. The van der Waals surface area contributed by atoms with E-state index in [2.05, 4.69) is 28.6 Å². The minimum absolute atomic E-state index is 0.0412. The Hall–Kier alpha value is -3.34. The van der Waals surface area contributed by atoms with Crippen molar-refractivity contribution in [3.8, 4) is 16.3 Å². The summed E-state index contributed by atoms with van der Waals surface area (Å²) in [6, 6.07) is 5.63. The Morgan fingerprint density at radius 1 is 1.30 bits per heavy atom. The van der Waals surface area contributed by atoms with E-state index in [1.807, 2.05) is 35.0 Å². The molecule has 3 heterocycles. The van der Waals surface area contributed by atoms with Gasteiger partial charge in [-0.15, -0.1) is 0 Å². The number of anilines is 1. The largest absolute Gasteiger partial charge is 0.339 e. The Kier molecular flexibility index (Phi) is 8.48. The maximum absolute atomic E-state index is 13.3. The molecule has 0 unspecified atom stereocenters. The van der Waals surface area contributed by atoms with Crippen LogP contribution in [0, 0.1) is 0 Å². The molecule has 5 rings (SSSR count). The number of rotatable bonds is 7. The molecule has 0 saturated carbocycles. The number of piperidine rings is 1. The second-order valence-electron chi connectivity index (χ2n) is 10.1. The van der Waals surface area contributed by atoms with Crippen LogP contribution in [0.4, 0.5) is 5.13 Å². The molecule has 9 nitrogen and oxygen atoms in total. The van der Waals surface area contributed by atoms with E-state index in [0.717, 1.165) is 78.3 Å². The topological polar surface area (TPSA) is 105 Å². The number of hydrogen-bond donors (Lipinski definition) is 2. The summed E-state index contributed by atoms with van der Waals surface area (Å²) >= 11 is 8.34. The van der Waals surface area contributed by atoms with Crippen LogP contribution in [0.5, 0.6) is 0 Å². The highest BCUT2D eigenvalue weighted by Crippen LogP contribution is 2.44. The van der Waals surface area contributed by atoms with Crippen molar-refractivity contribution in [1.82, 2.24) is 25.0 Å². The first-order valence-electron chi connectivity index (χ1n) is 13.6. The number of carbonyl (C=O) groups excluding carboxylic acids is 2. The van der Waals surface area contributed by atoms with Crippen LogP contribution in [0.25, 0.3) is 21.8 Å². The van der Waals surface area contributed by atoms with Crippen LogP contribution >= 0.6 is 22.9 Å². The number of hydrogen-bond acceptors (Lipinski definition) is 7. The minimum Gasteiger partial charge on any atom is -0.339 e. The van der Waals surface area contributed by atoms with E-state index in [4.69, 9.17) is 21.7 Å². The Bertz CT molecular complexity index is 1500. The van der Waals surface area contributed by atoms with Gasteiger partial charge >= 0.3 is 0 Å². The van der Waals surface area contributed by atoms with E-state index in [1.165, 1.54) is 18.3 Å². The van der Waals surface area contributed by atoms with Crippen molar-refractivity contribution in [3.63, 3.8) is 0 Å². The van der Waals surface area contributed by atoms with Gasteiger partial charge in [-0.2, -0.15) is 5.10 Å². The second-order valence-corrected chi connectivity index (χ2v) is 11.5. The molecule has 1 saturated heterocycles. The highest BCUT2D eigenvalue weighted by atomic mass is 35.5. The van der Waals surface area contributed by atoms with Crippen LogP contribution in [0.1, 0.15) is 60.4 Å². The number of fused-ring (bicyclic) bond motifs is 3. The smallest absolute Gasteiger partial charge is 0.253 e. The van der Waals surface area contributed by atoms with Gasteiger partial charge in [0.05, 0.1) is 32.7 Å². The molecule has 0 radical (unpaired) electrons. The van der Waals surface area contributed by atoms with E-state index < -0.39 is 0 Å².